The fourth-order valence-corrected chi connectivity index (χ4v) is 6.32. The lowest BCUT2D eigenvalue weighted by molar-refractivity contribution is 0.341. The smallest absolute Gasteiger partial charge is 0.271 e. The van der Waals surface area contributed by atoms with Crippen LogP contribution in [0.3, 0.4) is 0 Å². The van der Waals surface area contributed by atoms with Crippen molar-refractivity contribution in [1.29, 1.82) is 0 Å². The molecule has 0 saturated heterocycles. The monoisotopic (exact) mass is 432 g/mol. The minimum absolute atomic E-state index is 0.00899. The van der Waals surface area contributed by atoms with E-state index in [1.165, 1.54) is 28.6 Å². The maximum atomic E-state index is 12.8. The lowest BCUT2D eigenvalue weighted by Gasteiger charge is -2.20. The van der Waals surface area contributed by atoms with Gasteiger partial charge in [0.2, 0.25) is 10.0 Å². The first-order valence-electron chi connectivity index (χ1n) is 8.52. The standard InChI is InChI=1S/C17H24N2O5S3/c1-5-19(6-2)27(22,23)14-9-10-16(24-7-3)15(12-14)18-26(20,21)17-11-8-13(4)25-17/h8-12,18H,5-7H2,1-4H3. The third-order valence-corrected chi connectivity index (χ3v) is 8.72. The van der Waals surface area contributed by atoms with Crippen molar-refractivity contribution >= 4 is 37.1 Å². The van der Waals surface area contributed by atoms with Crippen LogP contribution < -0.4 is 9.46 Å². The molecule has 2 aromatic rings. The molecule has 0 radical (unpaired) electrons. The number of nitrogens with zero attached hydrogens (tertiary/aromatic N) is 1. The summed E-state index contributed by atoms with van der Waals surface area (Å²) >= 11 is 1.14. The van der Waals surface area contributed by atoms with Crippen LogP contribution in [-0.2, 0) is 20.0 Å². The third-order valence-electron chi connectivity index (χ3n) is 3.82. The van der Waals surface area contributed by atoms with E-state index < -0.39 is 20.0 Å². The summed E-state index contributed by atoms with van der Waals surface area (Å²) in [6.07, 6.45) is 0. The van der Waals surface area contributed by atoms with Crippen LogP contribution in [0.2, 0.25) is 0 Å². The predicted octanol–water partition coefficient (Wildman–Crippen LogP) is 3.29. The highest BCUT2D eigenvalue weighted by Gasteiger charge is 2.25. The zero-order valence-electron chi connectivity index (χ0n) is 15.7. The molecule has 0 atom stereocenters. The molecule has 0 spiro atoms. The molecule has 0 unspecified atom stereocenters. The number of benzene rings is 1. The van der Waals surface area contributed by atoms with E-state index in [1.807, 2.05) is 6.92 Å². The Labute approximate surface area is 165 Å². The van der Waals surface area contributed by atoms with Crippen molar-refractivity contribution < 1.29 is 21.6 Å². The Bertz CT molecular complexity index is 993. The zero-order chi connectivity index (χ0) is 20.2. The highest BCUT2D eigenvalue weighted by atomic mass is 32.2. The highest BCUT2D eigenvalue weighted by molar-refractivity contribution is 7.94. The fourth-order valence-electron chi connectivity index (χ4n) is 2.49. The van der Waals surface area contributed by atoms with E-state index in [9.17, 15) is 16.8 Å². The van der Waals surface area contributed by atoms with Gasteiger partial charge in [-0.3, -0.25) is 4.72 Å². The van der Waals surface area contributed by atoms with E-state index in [2.05, 4.69) is 4.72 Å². The quantitative estimate of drug-likeness (QED) is 0.656. The molecular formula is C17H24N2O5S3. The van der Waals surface area contributed by atoms with Crippen molar-refractivity contribution in [3.05, 3.63) is 35.2 Å². The average molecular weight is 433 g/mol. The minimum Gasteiger partial charge on any atom is -0.492 e. The molecule has 7 nitrogen and oxygen atoms in total. The van der Waals surface area contributed by atoms with Crippen LogP contribution in [0.15, 0.2) is 39.4 Å². The van der Waals surface area contributed by atoms with Crippen LogP contribution in [0.25, 0.3) is 0 Å². The molecule has 1 N–H and O–H groups in total. The van der Waals surface area contributed by atoms with E-state index in [0.717, 1.165) is 16.2 Å². The summed E-state index contributed by atoms with van der Waals surface area (Å²) in [7, 11) is -7.57. The number of nitrogens with one attached hydrogen (secondary N) is 1. The largest absolute Gasteiger partial charge is 0.492 e. The van der Waals surface area contributed by atoms with Gasteiger partial charge in [0.05, 0.1) is 17.2 Å². The summed E-state index contributed by atoms with van der Waals surface area (Å²) in [5.74, 6) is 0.271. The van der Waals surface area contributed by atoms with E-state index in [-0.39, 0.29) is 20.5 Å². The number of rotatable bonds is 9. The molecule has 0 bridgehead atoms. The van der Waals surface area contributed by atoms with Gasteiger partial charge in [0.25, 0.3) is 10.0 Å². The van der Waals surface area contributed by atoms with Gasteiger partial charge in [-0.25, -0.2) is 16.8 Å². The first kappa shape index (κ1) is 21.7. The Morgan fingerprint density at radius 1 is 1.04 bits per heavy atom. The molecule has 0 amide bonds. The van der Waals surface area contributed by atoms with Gasteiger partial charge < -0.3 is 4.74 Å². The number of anilines is 1. The van der Waals surface area contributed by atoms with Crippen molar-refractivity contribution in [3.63, 3.8) is 0 Å². The maximum Gasteiger partial charge on any atom is 0.271 e. The van der Waals surface area contributed by atoms with Gasteiger partial charge in [-0.2, -0.15) is 4.31 Å². The molecule has 0 fully saturated rings. The maximum absolute atomic E-state index is 12.8. The fraction of sp³-hybridized carbons (Fsp3) is 0.412. The average Bonchev–Trinajstić information content (AvgIpc) is 3.04. The molecule has 0 saturated carbocycles. The second kappa shape index (κ2) is 8.59. The van der Waals surface area contributed by atoms with Crippen LogP contribution in [0.1, 0.15) is 25.6 Å². The highest BCUT2D eigenvalue weighted by Crippen LogP contribution is 2.32. The first-order chi connectivity index (χ1) is 12.7. The molecule has 1 aromatic heterocycles. The third kappa shape index (κ3) is 4.81. The van der Waals surface area contributed by atoms with Crippen molar-refractivity contribution in [1.82, 2.24) is 4.31 Å². The van der Waals surface area contributed by atoms with Crippen LogP contribution in [-0.4, -0.2) is 40.8 Å². The summed E-state index contributed by atoms with van der Waals surface area (Å²) < 4.78 is 60.3. The number of hydrogen-bond acceptors (Lipinski definition) is 6. The van der Waals surface area contributed by atoms with Crippen LogP contribution in [0.4, 0.5) is 5.69 Å². The number of aryl methyl sites for hydroxylation is 1. The van der Waals surface area contributed by atoms with E-state index in [1.54, 1.807) is 26.8 Å². The van der Waals surface area contributed by atoms with Gasteiger partial charge in [0, 0.05) is 18.0 Å². The predicted molar refractivity (Wildman–Crippen MR) is 108 cm³/mol. The molecule has 0 aliphatic rings. The second-order valence-electron chi connectivity index (χ2n) is 5.65. The van der Waals surface area contributed by atoms with Gasteiger partial charge in [-0.1, -0.05) is 13.8 Å². The van der Waals surface area contributed by atoms with E-state index in [4.69, 9.17) is 4.74 Å². The number of sulfonamides is 2. The van der Waals surface area contributed by atoms with Crippen LogP contribution in [0.5, 0.6) is 5.75 Å². The molecule has 0 aliphatic heterocycles. The van der Waals surface area contributed by atoms with Gasteiger partial charge in [0.1, 0.15) is 9.96 Å². The Morgan fingerprint density at radius 2 is 1.70 bits per heavy atom. The Kier molecular flexibility index (Phi) is 6.90. The summed E-state index contributed by atoms with van der Waals surface area (Å²) in [5.41, 5.74) is 0.0936. The molecule has 0 aliphatic carbocycles. The van der Waals surface area contributed by atoms with Crippen LogP contribution in [0, 0.1) is 6.92 Å². The molecule has 1 aromatic carbocycles. The lowest BCUT2D eigenvalue weighted by Crippen LogP contribution is -2.30. The van der Waals surface area contributed by atoms with E-state index in [0.29, 0.717) is 19.7 Å². The molecule has 27 heavy (non-hydrogen) atoms. The summed E-state index contributed by atoms with van der Waals surface area (Å²) in [6, 6.07) is 7.42. The lowest BCUT2D eigenvalue weighted by atomic mass is 10.3. The van der Waals surface area contributed by atoms with Gasteiger partial charge in [-0.15, -0.1) is 11.3 Å². The summed E-state index contributed by atoms with van der Waals surface area (Å²) in [5, 5.41) is 0. The summed E-state index contributed by atoms with van der Waals surface area (Å²) in [6.45, 7) is 8.03. The normalized spacial score (nSPS) is 12.3. The number of hydrogen-bond donors (Lipinski definition) is 1. The second-order valence-corrected chi connectivity index (χ2v) is 10.8. The van der Waals surface area contributed by atoms with Crippen molar-refractivity contribution in [2.75, 3.05) is 24.4 Å². The van der Waals surface area contributed by atoms with Gasteiger partial charge in [-0.05, 0) is 44.2 Å². The SMILES string of the molecule is CCOc1ccc(S(=O)(=O)N(CC)CC)cc1NS(=O)(=O)c1ccc(C)s1. The van der Waals surface area contributed by atoms with Gasteiger partial charge >= 0.3 is 0 Å². The molecule has 2 rings (SSSR count). The number of ether oxygens (including phenoxy) is 1. The Balaban J connectivity index is 2.50. The first-order valence-corrected chi connectivity index (χ1v) is 12.3. The molecule has 150 valence electrons. The zero-order valence-corrected chi connectivity index (χ0v) is 18.2. The molecular weight excluding hydrogens is 408 g/mol. The Hall–Kier alpha value is -1.62. The van der Waals surface area contributed by atoms with Crippen molar-refractivity contribution in [2.45, 2.75) is 36.8 Å². The molecule has 10 heteroatoms. The van der Waals surface area contributed by atoms with Gasteiger partial charge in [0.15, 0.2) is 0 Å². The number of thiophene rings is 1. The topological polar surface area (TPSA) is 92.8 Å². The van der Waals surface area contributed by atoms with Crippen molar-refractivity contribution in [3.8, 4) is 5.75 Å². The van der Waals surface area contributed by atoms with Crippen LogP contribution >= 0.6 is 11.3 Å². The van der Waals surface area contributed by atoms with Crippen molar-refractivity contribution in [2.24, 2.45) is 0 Å². The molecule has 1 heterocycles. The minimum atomic E-state index is -3.85. The Morgan fingerprint density at radius 3 is 2.22 bits per heavy atom. The summed E-state index contributed by atoms with van der Waals surface area (Å²) in [4.78, 5) is 0.869. The van der Waals surface area contributed by atoms with E-state index >= 15 is 0 Å².